The highest BCUT2D eigenvalue weighted by Gasteiger charge is 1.85. The second-order valence-corrected chi connectivity index (χ2v) is 1.53. The summed E-state index contributed by atoms with van der Waals surface area (Å²) in [6.45, 7) is 0. The van der Waals surface area contributed by atoms with Gasteiger partial charge in [-0.3, -0.25) is 0 Å². The van der Waals surface area contributed by atoms with E-state index in [-0.39, 0.29) is 5.97 Å². The van der Waals surface area contributed by atoms with E-state index in [1.165, 1.54) is 13.2 Å². The maximum Gasteiger partial charge on any atom is 0.330 e. The number of rotatable bonds is 3. The topological polar surface area (TPSA) is 38.3 Å². The molecular formula is C7H11NO2. The molecule has 1 N–H and O–H groups in total. The molecule has 0 aliphatic heterocycles. The average Bonchev–Trinajstić information content (AvgIpc) is 1.98. The highest BCUT2D eigenvalue weighted by atomic mass is 16.5. The third-order valence-corrected chi connectivity index (χ3v) is 0.807. The van der Waals surface area contributed by atoms with Crippen molar-refractivity contribution in [3.63, 3.8) is 0 Å². The van der Waals surface area contributed by atoms with Gasteiger partial charge in [-0.25, -0.2) is 4.79 Å². The van der Waals surface area contributed by atoms with Crippen molar-refractivity contribution in [2.75, 3.05) is 14.2 Å². The third-order valence-electron chi connectivity index (χ3n) is 0.807. The van der Waals surface area contributed by atoms with Gasteiger partial charge in [0.15, 0.2) is 0 Å². The van der Waals surface area contributed by atoms with Crippen LogP contribution in [0.3, 0.4) is 0 Å². The van der Waals surface area contributed by atoms with Crippen LogP contribution in [0.25, 0.3) is 0 Å². The van der Waals surface area contributed by atoms with Gasteiger partial charge in [0.05, 0.1) is 7.11 Å². The van der Waals surface area contributed by atoms with Crippen LogP contribution >= 0.6 is 0 Å². The highest BCUT2D eigenvalue weighted by molar-refractivity contribution is 5.82. The lowest BCUT2D eigenvalue weighted by Gasteiger charge is -1.86. The molecule has 0 radical (unpaired) electrons. The molecule has 0 saturated heterocycles. The van der Waals surface area contributed by atoms with Gasteiger partial charge in [-0.2, -0.15) is 0 Å². The van der Waals surface area contributed by atoms with Crippen molar-refractivity contribution in [2.45, 2.75) is 0 Å². The molecule has 0 atom stereocenters. The van der Waals surface area contributed by atoms with E-state index < -0.39 is 0 Å². The second-order valence-electron chi connectivity index (χ2n) is 1.53. The van der Waals surface area contributed by atoms with Gasteiger partial charge in [0, 0.05) is 13.1 Å². The fourth-order valence-electron chi connectivity index (χ4n) is 0.354. The number of carbonyl (C=O) groups excluding carboxylic acids is 1. The zero-order valence-electron chi connectivity index (χ0n) is 6.13. The molecule has 0 rings (SSSR count). The Morgan fingerprint density at radius 3 is 2.70 bits per heavy atom. The van der Waals surface area contributed by atoms with E-state index in [2.05, 4.69) is 10.1 Å². The molecule has 3 nitrogen and oxygen atoms in total. The van der Waals surface area contributed by atoms with Gasteiger partial charge in [0.1, 0.15) is 0 Å². The van der Waals surface area contributed by atoms with Gasteiger partial charge in [0.25, 0.3) is 0 Å². The first-order valence-electron chi connectivity index (χ1n) is 2.89. The first kappa shape index (κ1) is 8.75. The maximum absolute atomic E-state index is 10.4. The van der Waals surface area contributed by atoms with Crippen molar-refractivity contribution in [1.82, 2.24) is 5.32 Å². The smallest absolute Gasteiger partial charge is 0.330 e. The molecule has 0 aromatic heterocycles. The van der Waals surface area contributed by atoms with Crippen LogP contribution in [0, 0.1) is 0 Å². The molecule has 10 heavy (non-hydrogen) atoms. The Balaban J connectivity index is 3.55. The van der Waals surface area contributed by atoms with E-state index in [0.717, 1.165) is 0 Å². The van der Waals surface area contributed by atoms with Crippen molar-refractivity contribution < 1.29 is 9.53 Å². The molecule has 0 unspecified atom stereocenters. The third kappa shape index (κ3) is 4.90. The maximum atomic E-state index is 10.4. The molecule has 0 aliphatic carbocycles. The minimum absolute atomic E-state index is 0.347. The number of methoxy groups -OCH3 is 1. The SMILES string of the molecule is CN/C=C\C=C\C(=O)OC. The molecular weight excluding hydrogens is 130 g/mol. The Labute approximate surface area is 60.4 Å². The fraction of sp³-hybridized carbons (Fsp3) is 0.286. The van der Waals surface area contributed by atoms with Crippen LogP contribution in [0.4, 0.5) is 0 Å². The van der Waals surface area contributed by atoms with Gasteiger partial charge < -0.3 is 10.1 Å². The van der Waals surface area contributed by atoms with Gasteiger partial charge in [-0.05, 0) is 12.3 Å². The van der Waals surface area contributed by atoms with Gasteiger partial charge in [0.2, 0.25) is 0 Å². The normalized spacial score (nSPS) is 10.6. The van der Waals surface area contributed by atoms with Gasteiger partial charge >= 0.3 is 5.97 Å². The number of carbonyl (C=O) groups is 1. The summed E-state index contributed by atoms with van der Waals surface area (Å²) in [4.78, 5) is 10.4. The largest absolute Gasteiger partial charge is 0.466 e. The van der Waals surface area contributed by atoms with Crippen molar-refractivity contribution in [2.24, 2.45) is 0 Å². The Hall–Kier alpha value is -1.25. The lowest BCUT2D eigenvalue weighted by Crippen LogP contribution is -1.93. The molecule has 0 bridgehead atoms. The standard InChI is InChI=1S/C7H11NO2/c1-8-6-4-3-5-7(9)10-2/h3-6,8H,1-2H3/b5-3+,6-4-. The van der Waals surface area contributed by atoms with E-state index in [4.69, 9.17) is 0 Å². The van der Waals surface area contributed by atoms with E-state index in [0.29, 0.717) is 0 Å². The van der Waals surface area contributed by atoms with Crippen LogP contribution < -0.4 is 5.32 Å². The fourth-order valence-corrected chi connectivity index (χ4v) is 0.354. The number of hydrogen-bond acceptors (Lipinski definition) is 3. The van der Waals surface area contributed by atoms with Crippen molar-refractivity contribution in [1.29, 1.82) is 0 Å². The first-order valence-corrected chi connectivity index (χ1v) is 2.89. The lowest BCUT2D eigenvalue weighted by atomic mass is 10.5. The summed E-state index contributed by atoms with van der Waals surface area (Å²) >= 11 is 0. The van der Waals surface area contributed by atoms with Crippen molar-refractivity contribution in [3.8, 4) is 0 Å². The molecule has 0 heterocycles. The Bertz CT molecular complexity index is 150. The van der Waals surface area contributed by atoms with E-state index in [1.807, 2.05) is 0 Å². The zero-order valence-corrected chi connectivity index (χ0v) is 6.13. The number of allylic oxidation sites excluding steroid dienone is 2. The summed E-state index contributed by atoms with van der Waals surface area (Å²) in [5, 5.41) is 2.78. The van der Waals surface area contributed by atoms with Crippen molar-refractivity contribution >= 4 is 5.97 Å². The lowest BCUT2D eigenvalue weighted by molar-refractivity contribution is -0.134. The molecule has 0 saturated carbocycles. The minimum Gasteiger partial charge on any atom is -0.466 e. The predicted octanol–water partition coefficient (Wildman–Crippen LogP) is 0.449. The molecule has 3 heteroatoms. The van der Waals surface area contributed by atoms with Gasteiger partial charge in [-0.1, -0.05) is 6.08 Å². The highest BCUT2D eigenvalue weighted by Crippen LogP contribution is 1.78. The number of ether oxygens (including phenoxy) is 1. The molecule has 56 valence electrons. The Kier molecular flexibility index (Phi) is 5.14. The monoisotopic (exact) mass is 141 g/mol. The minimum atomic E-state index is -0.347. The van der Waals surface area contributed by atoms with Crippen LogP contribution in [0.1, 0.15) is 0 Å². The van der Waals surface area contributed by atoms with Crippen molar-refractivity contribution in [3.05, 3.63) is 24.4 Å². The molecule has 0 fully saturated rings. The number of hydrogen-bond donors (Lipinski definition) is 1. The summed E-state index contributed by atoms with van der Waals surface area (Å²) < 4.78 is 4.35. The van der Waals surface area contributed by atoms with E-state index in [9.17, 15) is 4.79 Å². The van der Waals surface area contributed by atoms with Crippen LogP contribution in [0.2, 0.25) is 0 Å². The van der Waals surface area contributed by atoms with Crippen LogP contribution in [-0.2, 0) is 9.53 Å². The molecule has 0 aromatic carbocycles. The summed E-state index contributed by atoms with van der Waals surface area (Å²) in [6.07, 6.45) is 6.35. The van der Waals surface area contributed by atoms with Crippen LogP contribution in [-0.4, -0.2) is 20.1 Å². The average molecular weight is 141 g/mol. The predicted molar refractivity (Wildman–Crippen MR) is 39.4 cm³/mol. The van der Waals surface area contributed by atoms with Crippen LogP contribution in [0.15, 0.2) is 24.4 Å². The number of nitrogens with one attached hydrogen (secondary N) is 1. The van der Waals surface area contributed by atoms with Crippen LogP contribution in [0.5, 0.6) is 0 Å². The van der Waals surface area contributed by atoms with E-state index >= 15 is 0 Å². The summed E-state index contributed by atoms with van der Waals surface area (Å²) in [5.74, 6) is -0.347. The molecule has 0 aromatic rings. The molecule has 0 aliphatic rings. The number of esters is 1. The molecule has 0 spiro atoms. The Morgan fingerprint density at radius 1 is 1.50 bits per heavy atom. The van der Waals surface area contributed by atoms with Gasteiger partial charge in [-0.15, -0.1) is 0 Å². The second kappa shape index (κ2) is 5.88. The first-order chi connectivity index (χ1) is 4.81. The molecule has 0 amide bonds. The van der Waals surface area contributed by atoms with E-state index in [1.54, 1.807) is 25.4 Å². The summed E-state index contributed by atoms with van der Waals surface area (Å²) in [5.41, 5.74) is 0. The summed E-state index contributed by atoms with van der Waals surface area (Å²) in [6, 6.07) is 0. The summed E-state index contributed by atoms with van der Waals surface area (Å²) in [7, 11) is 3.12. The Morgan fingerprint density at radius 2 is 2.20 bits per heavy atom. The quantitative estimate of drug-likeness (QED) is 0.352. The zero-order chi connectivity index (χ0) is 7.82.